The van der Waals surface area contributed by atoms with Crippen LogP contribution in [-0.2, 0) is 0 Å². The van der Waals surface area contributed by atoms with Crippen LogP contribution >= 0.6 is 23.2 Å². The van der Waals surface area contributed by atoms with Crippen LogP contribution in [0.5, 0.6) is 11.6 Å². The molecule has 0 aliphatic rings. The summed E-state index contributed by atoms with van der Waals surface area (Å²) in [6.45, 7) is 0. The Kier molecular flexibility index (Phi) is 4.20. The Morgan fingerprint density at radius 1 is 1.33 bits per heavy atom. The van der Waals surface area contributed by atoms with Gasteiger partial charge in [0.2, 0.25) is 5.75 Å². The lowest BCUT2D eigenvalue weighted by Gasteiger charge is -2.08. The van der Waals surface area contributed by atoms with E-state index in [2.05, 4.69) is 10.2 Å². The number of ether oxygens (including phenoxy) is 1. The summed E-state index contributed by atoms with van der Waals surface area (Å²) in [5.41, 5.74) is -0.781. The fourth-order valence-electron chi connectivity index (χ4n) is 1.40. The molecular weight excluding hydrogens is 325 g/mol. The van der Waals surface area contributed by atoms with Gasteiger partial charge in [0.05, 0.1) is 21.2 Å². The number of benzene rings is 1. The zero-order valence-corrected chi connectivity index (χ0v) is 11.5. The van der Waals surface area contributed by atoms with Crippen molar-refractivity contribution in [2.75, 3.05) is 0 Å². The molecule has 0 saturated carbocycles. The van der Waals surface area contributed by atoms with Crippen molar-refractivity contribution in [2.45, 2.75) is 0 Å². The first-order chi connectivity index (χ1) is 9.90. The maximum absolute atomic E-state index is 11.0. The van der Waals surface area contributed by atoms with Gasteiger partial charge in [0.1, 0.15) is 5.56 Å². The van der Waals surface area contributed by atoms with Crippen molar-refractivity contribution >= 4 is 34.9 Å². The van der Waals surface area contributed by atoms with Gasteiger partial charge in [-0.1, -0.05) is 23.2 Å². The van der Waals surface area contributed by atoms with E-state index in [1.54, 1.807) is 0 Å². The Morgan fingerprint density at radius 3 is 2.62 bits per heavy atom. The molecule has 2 aromatic rings. The van der Waals surface area contributed by atoms with Crippen molar-refractivity contribution in [3.63, 3.8) is 0 Å². The number of nitro benzene ring substituents is 1. The van der Waals surface area contributed by atoms with Gasteiger partial charge in [-0.15, -0.1) is 5.10 Å². The molecule has 0 radical (unpaired) electrons. The SMILES string of the molecule is O=C(O)c1ccnnc1Oc1cc(Cl)c(Cl)cc1[N+](=O)[O-]. The number of hydrogen-bond acceptors (Lipinski definition) is 6. The summed E-state index contributed by atoms with van der Waals surface area (Å²) in [5, 5.41) is 26.9. The van der Waals surface area contributed by atoms with E-state index in [1.165, 1.54) is 0 Å². The van der Waals surface area contributed by atoms with Gasteiger partial charge in [0.15, 0.2) is 0 Å². The monoisotopic (exact) mass is 329 g/mol. The molecule has 0 spiro atoms. The van der Waals surface area contributed by atoms with Crippen LogP contribution in [0.25, 0.3) is 0 Å². The van der Waals surface area contributed by atoms with Gasteiger partial charge in [0.25, 0.3) is 5.88 Å². The van der Waals surface area contributed by atoms with Gasteiger partial charge in [-0.3, -0.25) is 10.1 Å². The molecule has 0 aliphatic heterocycles. The van der Waals surface area contributed by atoms with Gasteiger partial charge in [-0.25, -0.2) is 4.79 Å². The van der Waals surface area contributed by atoms with Crippen molar-refractivity contribution in [1.82, 2.24) is 10.2 Å². The van der Waals surface area contributed by atoms with E-state index in [0.717, 1.165) is 24.4 Å². The van der Waals surface area contributed by atoms with Gasteiger partial charge < -0.3 is 9.84 Å². The second kappa shape index (κ2) is 5.90. The second-order valence-electron chi connectivity index (χ2n) is 3.65. The highest BCUT2D eigenvalue weighted by Gasteiger charge is 2.22. The first-order valence-electron chi connectivity index (χ1n) is 5.26. The summed E-state index contributed by atoms with van der Waals surface area (Å²) >= 11 is 11.5. The average molecular weight is 330 g/mol. The van der Waals surface area contributed by atoms with E-state index in [4.69, 9.17) is 33.0 Å². The molecule has 108 valence electrons. The third-order valence-electron chi connectivity index (χ3n) is 2.32. The minimum absolute atomic E-state index is 0.0121. The van der Waals surface area contributed by atoms with E-state index in [-0.39, 0.29) is 21.4 Å². The number of carboxylic acid groups (broad SMARTS) is 1. The summed E-state index contributed by atoms with van der Waals surface area (Å²) in [4.78, 5) is 21.2. The Bertz CT molecular complexity index is 738. The summed E-state index contributed by atoms with van der Waals surface area (Å²) in [6.07, 6.45) is 1.15. The van der Waals surface area contributed by atoms with Crippen LogP contribution in [-0.4, -0.2) is 26.2 Å². The predicted molar refractivity (Wildman–Crippen MR) is 72.2 cm³/mol. The number of carboxylic acids is 1. The van der Waals surface area contributed by atoms with Crippen LogP contribution in [0.4, 0.5) is 5.69 Å². The third-order valence-corrected chi connectivity index (χ3v) is 3.04. The van der Waals surface area contributed by atoms with E-state index in [1.807, 2.05) is 0 Å². The number of carbonyl (C=O) groups is 1. The van der Waals surface area contributed by atoms with Crippen molar-refractivity contribution < 1.29 is 19.6 Å². The van der Waals surface area contributed by atoms with Crippen LogP contribution < -0.4 is 4.74 Å². The first kappa shape index (κ1) is 14.9. The molecule has 1 N–H and O–H groups in total. The molecule has 0 atom stereocenters. The minimum Gasteiger partial charge on any atom is -0.477 e. The molecule has 0 bridgehead atoms. The first-order valence-corrected chi connectivity index (χ1v) is 6.02. The smallest absolute Gasteiger partial charge is 0.341 e. The third kappa shape index (κ3) is 3.18. The number of hydrogen-bond donors (Lipinski definition) is 1. The number of rotatable bonds is 4. The fraction of sp³-hybridized carbons (Fsp3) is 0. The van der Waals surface area contributed by atoms with Crippen LogP contribution in [0.15, 0.2) is 24.4 Å². The van der Waals surface area contributed by atoms with E-state index in [9.17, 15) is 14.9 Å². The summed E-state index contributed by atoms with van der Waals surface area (Å²) < 4.78 is 5.16. The largest absolute Gasteiger partial charge is 0.477 e. The zero-order chi connectivity index (χ0) is 15.6. The van der Waals surface area contributed by atoms with E-state index >= 15 is 0 Å². The molecule has 1 aromatic heterocycles. The Labute approximate surface area is 127 Å². The van der Waals surface area contributed by atoms with Crippen molar-refractivity contribution in [1.29, 1.82) is 0 Å². The molecule has 0 amide bonds. The van der Waals surface area contributed by atoms with Gasteiger partial charge >= 0.3 is 11.7 Å². The van der Waals surface area contributed by atoms with Crippen molar-refractivity contribution in [2.24, 2.45) is 0 Å². The molecular formula is C11H5Cl2N3O5. The molecule has 0 unspecified atom stereocenters. The number of aromatic nitrogens is 2. The molecule has 1 aromatic carbocycles. The van der Waals surface area contributed by atoms with Crippen molar-refractivity contribution in [3.8, 4) is 11.6 Å². The lowest BCUT2D eigenvalue weighted by atomic mass is 10.3. The molecule has 21 heavy (non-hydrogen) atoms. The maximum atomic E-state index is 11.0. The quantitative estimate of drug-likeness (QED) is 0.676. The van der Waals surface area contributed by atoms with E-state index in [0.29, 0.717) is 0 Å². The Hall–Kier alpha value is -2.45. The highest BCUT2D eigenvalue weighted by molar-refractivity contribution is 6.42. The standard InChI is InChI=1S/C11H5Cl2N3O5/c12-6-3-8(16(19)20)9(4-7(6)13)21-10-5(11(17)18)1-2-14-15-10/h1-4H,(H,17,18). The van der Waals surface area contributed by atoms with E-state index < -0.39 is 22.5 Å². The molecule has 0 saturated heterocycles. The average Bonchev–Trinajstić information content (AvgIpc) is 2.42. The van der Waals surface area contributed by atoms with Crippen LogP contribution in [0.2, 0.25) is 10.0 Å². The molecule has 0 aliphatic carbocycles. The lowest BCUT2D eigenvalue weighted by Crippen LogP contribution is -2.04. The summed E-state index contributed by atoms with van der Waals surface area (Å²) in [6, 6.07) is 3.24. The highest BCUT2D eigenvalue weighted by Crippen LogP contribution is 2.38. The van der Waals surface area contributed by atoms with Gasteiger partial charge in [-0.2, -0.15) is 5.10 Å². The number of aromatic carboxylic acids is 1. The topological polar surface area (TPSA) is 115 Å². The second-order valence-corrected chi connectivity index (χ2v) is 4.46. The van der Waals surface area contributed by atoms with Crippen molar-refractivity contribution in [3.05, 3.63) is 50.1 Å². The van der Waals surface area contributed by atoms with Gasteiger partial charge in [-0.05, 0) is 6.07 Å². The highest BCUT2D eigenvalue weighted by atomic mass is 35.5. The molecule has 10 heteroatoms. The number of nitrogens with zero attached hydrogens (tertiary/aromatic N) is 3. The van der Waals surface area contributed by atoms with Gasteiger partial charge in [0, 0.05) is 12.1 Å². The number of nitro groups is 1. The molecule has 1 heterocycles. The summed E-state index contributed by atoms with van der Waals surface area (Å²) in [7, 11) is 0. The normalized spacial score (nSPS) is 10.2. The maximum Gasteiger partial charge on any atom is 0.341 e. The Balaban J connectivity index is 2.52. The van der Waals surface area contributed by atoms with Crippen LogP contribution in [0, 0.1) is 10.1 Å². The molecule has 8 nitrogen and oxygen atoms in total. The van der Waals surface area contributed by atoms with Crippen LogP contribution in [0.3, 0.4) is 0 Å². The molecule has 2 rings (SSSR count). The fourth-order valence-corrected chi connectivity index (χ4v) is 1.72. The van der Waals surface area contributed by atoms with Crippen LogP contribution in [0.1, 0.15) is 10.4 Å². The minimum atomic E-state index is -1.32. The molecule has 0 fully saturated rings. The predicted octanol–water partition coefficient (Wildman–Crippen LogP) is 3.18. The zero-order valence-electron chi connectivity index (χ0n) is 9.99. The number of halogens is 2. The summed E-state index contributed by atoms with van der Waals surface area (Å²) in [5.74, 6) is -2.01. The lowest BCUT2D eigenvalue weighted by molar-refractivity contribution is -0.385. The Morgan fingerprint density at radius 2 is 2.00 bits per heavy atom.